The summed E-state index contributed by atoms with van der Waals surface area (Å²) in [6, 6.07) is 1.65. The first-order valence-corrected chi connectivity index (χ1v) is 7.96. The fraction of sp³-hybridized carbons (Fsp3) is 0.438. The molecule has 124 valence electrons. The van der Waals surface area contributed by atoms with Crippen LogP contribution in [0.5, 0.6) is 0 Å². The molecular formula is C16H18N6O2. The molecule has 1 atom stereocenters. The number of hydrogen-bond donors (Lipinski definition) is 0. The highest BCUT2D eigenvalue weighted by Crippen LogP contribution is 2.42. The zero-order chi connectivity index (χ0) is 16.7. The van der Waals surface area contributed by atoms with Crippen molar-refractivity contribution in [2.45, 2.75) is 12.8 Å². The van der Waals surface area contributed by atoms with Gasteiger partial charge in [0.15, 0.2) is 0 Å². The summed E-state index contributed by atoms with van der Waals surface area (Å²) in [5.74, 6) is 0.00746. The lowest BCUT2D eigenvalue weighted by atomic mass is 9.85. The standard InChI is InChI=1S/C16H18N6O2/c1-20-10-13(9-19-20)22-7-4-16(15(22)24)3-6-21(11-16)14(23)12-2-5-17-18-8-12/h2,5,8-10H,3-4,6-7,11H2,1H3/t16-/m0/s1. The number of nitrogens with zero attached hydrogens (tertiary/aromatic N) is 6. The van der Waals surface area contributed by atoms with E-state index >= 15 is 0 Å². The minimum atomic E-state index is -0.466. The zero-order valence-electron chi connectivity index (χ0n) is 13.4. The molecule has 4 heterocycles. The minimum Gasteiger partial charge on any atom is -0.337 e. The molecule has 2 aliphatic heterocycles. The summed E-state index contributed by atoms with van der Waals surface area (Å²) in [4.78, 5) is 29.1. The average molecular weight is 326 g/mol. The van der Waals surface area contributed by atoms with E-state index in [9.17, 15) is 9.59 Å². The lowest BCUT2D eigenvalue weighted by molar-refractivity contribution is -0.124. The summed E-state index contributed by atoms with van der Waals surface area (Å²) in [6.45, 7) is 1.72. The maximum Gasteiger partial charge on any atom is 0.255 e. The highest BCUT2D eigenvalue weighted by molar-refractivity contribution is 6.01. The van der Waals surface area contributed by atoms with Crippen molar-refractivity contribution in [3.05, 3.63) is 36.4 Å². The Kier molecular flexibility index (Phi) is 3.33. The van der Waals surface area contributed by atoms with Gasteiger partial charge in [0.2, 0.25) is 5.91 Å². The predicted octanol–water partition coefficient (Wildman–Crippen LogP) is 0.479. The van der Waals surface area contributed by atoms with Gasteiger partial charge in [-0.05, 0) is 18.9 Å². The van der Waals surface area contributed by atoms with Crippen molar-refractivity contribution in [3.8, 4) is 0 Å². The van der Waals surface area contributed by atoms with Crippen LogP contribution in [-0.2, 0) is 11.8 Å². The lowest BCUT2D eigenvalue weighted by Gasteiger charge is -2.23. The number of carbonyl (C=O) groups excluding carboxylic acids is 2. The normalized spacial score (nSPS) is 23.5. The summed E-state index contributed by atoms with van der Waals surface area (Å²) in [5, 5.41) is 11.6. The van der Waals surface area contributed by atoms with Crippen LogP contribution >= 0.6 is 0 Å². The summed E-state index contributed by atoms with van der Waals surface area (Å²) in [5.41, 5.74) is 0.866. The van der Waals surface area contributed by atoms with E-state index < -0.39 is 5.41 Å². The van der Waals surface area contributed by atoms with E-state index in [0.29, 0.717) is 31.6 Å². The molecule has 0 unspecified atom stereocenters. The molecule has 2 aliphatic rings. The highest BCUT2D eigenvalue weighted by atomic mass is 16.2. The van der Waals surface area contributed by atoms with E-state index in [-0.39, 0.29) is 11.8 Å². The molecule has 8 heteroatoms. The molecular weight excluding hydrogens is 308 g/mol. The van der Waals surface area contributed by atoms with Crippen molar-refractivity contribution >= 4 is 17.5 Å². The fourth-order valence-electron chi connectivity index (χ4n) is 3.64. The van der Waals surface area contributed by atoms with E-state index in [1.54, 1.807) is 26.7 Å². The van der Waals surface area contributed by atoms with Crippen LogP contribution in [0, 0.1) is 5.41 Å². The van der Waals surface area contributed by atoms with Crippen LogP contribution < -0.4 is 4.90 Å². The first-order valence-electron chi connectivity index (χ1n) is 7.96. The van der Waals surface area contributed by atoms with Gasteiger partial charge in [0, 0.05) is 32.9 Å². The van der Waals surface area contributed by atoms with E-state index in [0.717, 1.165) is 12.1 Å². The number of hydrogen-bond acceptors (Lipinski definition) is 5. The SMILES string of the molecule is Cn1cc(N2CC[C@]3(CCN(C(=O)c4ccnnc4)C3)C2=O)cn1. The predicted molar refractivity (Wildman–Crippen MR) is 85.2 cm³/mol. The second kappa shape index (κ2) is 5.40. The molecule has 24 heavy (non-hydrogen) atoms. The van der Waals surface area contributed by atoms with Gasteiger partial charge >= 0.3 is 0 Å². The molecule has 0 aromatic carbocycles. The van der Waals surface area contributed by atoms with Crippen LogP contribution in [-0.4, -0.2) is 56.3 Å². The van der Waals surface area contributed by atoms with E-state index in [1.807, 2.05) is 13.2 Å². The fourth-order valence-corrected chi connectivity index (χ4v) is 3.64. The van der Waals surface area contributed by atoms with E-state index in [1.165, 1.54) is 12.4 Å². The molecule has 2 saturated heterocycles. The van der Waals surface area contributed by atoms with Gasteiger partial charge in [-0.1, -0.05) is 0 Å². The zero-order valence-corrected chi connectivity index (χ0v) is 13.4. The monoisotopic (exact) mass is 326 g/mol. The Balaban J connectivity index is 1.52. The van der Waals surface area contributed by atoms with Crippen LogP contribution in [0.15, 0.2) is 30.9 Å². The van der Waals surface area contributed by atoms with Crippen molar-refractivity contribution in [1.82, 2.24) is 24.9 Å². The third-order valence-corrected chi connectivity index (χ3v) is 4.99. The number of carbonyl (C=O) groups is 2. The Labute approximate surface area is 139 Å². The van der Waals surface area contributed by atoms with Crippen LogP contribution in [0.2, 0.25) is 0 Å². The summed E-state index contributed by atoms with van der Waals surface area (Å²) < 4.78 is 1.69. The number of aryl methyl sites for hydroxylation is 1. The van der Waals surface area contributed by atoms with Gasteiger partial charge in [-0.3, -0.25) is 14.3 Å². The summed E-state index contributed by atoms with van der Waals surface area (Å²) in [7, 11) is 1.83. The number of aromatic nitrogens is 4. The molecule has 0 N–H and O–H groups in total. The topological polar surface area (TPSA) is 84.2 Å². The molecule has 2 amide bonds. The molecule has 0 aliphatic carbocycles. The second-order valence-corrected chi connectivity index (χ2v) is 6.47. The summed E-state index contributed by atoms with van der Waals surface area (Å²) >= 11 is 0. The van der Waals surface area contributed by atoms with Gasteiger partial charge in [0.25, 0.3) is 5.91 Å². The van der Waals surface area contributed by atoms with Gasteiger partial charge in [-0.15, -0.1) is 0 Å². The van der Waals surface area contributed by atoms with E-state index in [4.69, 9.17) is 0 Å². The molecule has 0 saturated carbocycles. The van der Waals surface area contributed by atoms with Crippen molar-refractivity contribution in [1.29, 1.82) is 0 Å². The Morgan fingerprint density at radius 2 is 2.04 bits per heavy atom. The van der Waals surface area contributed by atoms with Gasteiger partial charge in [0.05, 0.1) is 35.3 Å². The third-order valence-electron chi connectivity index (χ3n) is 4.99. The summed E-state index contributed by atoms with van der Waals surface area (Å²) in [6.07, 6.45) is 7.98. The second-order valence-electron chi connectivity index (χ2n) is 6.47. The van der Waals surface area contributed by atoms with Crippen molar-refractivity contribution in [2.75, 3.05) is 24.5 Å². The smallest absolute Gasteiger partial charge is 0.255 e. The molecule has 0 radical (unpaired) electrons. The Morgan fingerprint density at radius 3 is 2.75 bits per heavy atom. The maximum absolute atomic E-state index is 13.0. The van der Waals surface area contributed by atoms with Crippen molar-refractivity contribution in [2.24, 2.45) is 12.5 Å². The quantitative estimate of drug-likeness (QED) is 0.801. The van der Waals surface area contributed by atoms with Gasteiger partial charge in [-0.25, -0.2) is 0 Å². The Hall–Kier alpha value is -2.77. The van der Waals surface area contributed by atoms with E-state index in [2.05, 4.69) is 15.3 Å². The molecule has 2 aromatic rings. The molecule has 8 nitrogen and oxygen atoms in total. The van der Waals surface area contributed by atoms with Gasteiger partial charge in [-0.2, -0.15) is 15.3 Å². The molecule has 2 fully saturated rings. The van der Waals surface area contributed by atoms with Crippen LogP contribution in [0.25, 0.3) is 0 Å². The molecule has 1 spiro atoms. The van der Waals surface area contributed by atoms with Crippen molar-refractivity contribution < 1.29 is 9.59 Å². The highest BCUT2D eigenvalue weighted by Gasteiger charge is 2.52. The van der Waals surface area contributed by atoms with Crippen molar-refractivity contribution in [3.63, 3.8) is 0 Å². The van der Waals surface area contributed by atoms with Gasteiger partial charge in [0.1, 0.15) is 0 Å². The van der Waals surface area contributed by atoms with Crippen LogP contribution in [0.3, 0.4) is 0 Å². The number of likely N-dealkylation sites (tertiary alicyclic amines) is 1. The molecule has 0 bridgehead atoms. The minimum absolute atomic E-state index is 0.0885. The Morgan fingerprint density at radius 1 is 1.21 bits per heavy atom. The maximum atomic E-state index is 13.0. The first kappa shape index (κ1) is 14.8. The molecule has 2 aromatic heterocycles. The average Bonchev–Trinajstić information content (AvgIpc) is 3.30. The number of amides is 2. The Bertz CT molecular complexity index is 789. The molecule has 4 rings (SSSR count). The number of anilines is 1. The first-order chi connectivity index (χ1) is 11.6. The number of rotatable bonds is 2. The van der Waals surface area contributed by atoms with Crippen LogP contribution in [0.1, 0.15) is 23.2 Å². The van der Waals surface area contributed by atoms with Gasteiger partial charge < -0.3 is 9.80 Å². The largest absolute Gasteiger partial charge is 0.337 e. The lowest BCUT2D eigenvalue weighted by Crippen LogP contribution is -2.38. The third kappa shape index (κ3) is 2.26. The van der Waals surface area contributed by atoms with Crippen LogP contribution in [0.4, 0.5) is 5.69 Å².